The molecule has 0 heterocycles. The van der Waals surface area contributed by atoms with Gasteiger partial charge in [0.15, 0.2) is 0 Å². The van der Waals surface area contributed by atoms with E-state index in [0.717, 1.165) is 25.0 Å². The molecule has 0 aliphatic rings. The van der Waals surface area contributed by atoms with Crippen molar-refractivity contribution >= 4 is 15.9 Å². The van der Waals surface area contributed by atoms with Crippen LogP contribution >= 0.6 is 15.9 Å². The topological polar surface area (TPSA) is 18.5 Å². The molecule has 0 rings (SSSR count). The molecule has 0 N–H and O–H groups in total. The van der Waals surface area contributed by atoms with Gasteiger partial charge in [-0.15, -0.1) is 0 Å². The number of ether oxygens (including phenoxy) is 2. The van der Waals surface area contributed by atoms with Crippen LogP contribution in [0.2, 0.25) is 0 Å². The van der Waals surface area contributed by atoms with Gasteiger partial charge in [0, 0.05) is 19.0 Å². The summed E-state index contributed by atoms with van der Waals surface area (Å²) < 4.78 is 10.5. The fourth-order valence-electron chi connectivity index (χ4n) is 0.577. The first-order valence-electron chi connectivity index (χ1n) is 3.81. The summed E-state index contributed by atoms with van der Waals surface area (Å²) in [4.78, 5) is 0. The van der Waals surface area contributed by atoms with Crippen molar-refractivity contribution in [2.24, 2.45) is 0 Å². The zero-order valence-electron chi connectivity index (χ0n) is 7.52. The number of rotatable bonds is 6. The number of hydrogen-bond acceptors (Lipinski definition) is 2. The van der Waals surface area contributed by atoms with E-state index in [-0.39, 0.29) is 5.60 Å². The Morgan fingerprint density at radius 2 is 1.91 bits per heavy atom. The van der Waals surface area contributed by atoms with Gasteiger partial charge < -0.3 is 9.47 Å². The fourth-order valence-corrected chi connectivity index (χ4v) is 0.806. The van der Waals surface area contributed by atoms with Crippen LogP contribution in [-0.2, 0) is 9.47 Å². The summed E-state index contributed by atoms with van der Waals surface area (Å²) in [5.74, 6) is 0. The predicted octanol–water partition coefficient (Wildman–Crippen LogP) is 2.21. The molecular formula is C8H17BrO2. The second-order valence-electron chi connectivity index (χ2n) is 3.02. The maximum atomic E-state index is 5.29. The Labute approximate surface area is 77.4 Å². The van der Waals surface area contributed by atoms with Gasteiger partial charge in [-0.05, 0) is 20.3 Å². The predicted molar refractivity (Wildman–Crippen MR) is 50.3 cm³/mol. The van der Waals surface area contributed by atoms with Crippen LogP contribution in [0.5, 0.6) is 0 Å². The van der Waals surface area contributed by atoms with Crippen LogP contribution in [0.3, 0.4) is 0 Å². The Bertz CT molecular complexity index is 94.1. The minimum Gasteiger partial charge on any atom is -0.380 e. The largest absolute Gasteiger partial charge is 0.380 e. The van der Waals surface area contributed by atoms with Crippen molar-refractivity contribution in [1.29, 1.82) is 0 Å². The smallest absolute Gasteiger partial charge is 0.0644 e. The van der Waals surface area contributed by atoms with Crippen molar-refractivity contribution in [3.8, 4) is 0 Å². The summed E-state index contributed by atoms with van der Waals surface area (Å²) in [5.41, 5.74) is -0.0493. The van der Waals surface area contributed by atoms with Crippen LogP contribution in [0.25, 0.3) is 0 Å². The zero-order chi connectivity index (χ0) is 8.74. The fraction of sp³-hybridized carbons (Fsp3) is 1.00. The highest BCUT2D eigenvalue weighted by molar-refractivity contribution is 9.09. The molecule has 68 valence electrons. The number of methoxy groups -OCH3 is 1. The molecule has 0 aromatic rings. The molecule has 0 aliphatic heterocycles. The molecule has 0 aromatic carbocycles. The van der Waals surface area contributed by atoms with Crippen molar-refractivity contribution in [2.75, 3.05) is 25.7 Å². The molecule has 11 heavy (non-hydrogen) atoms. The van der Waals surface area contributed by atoms with E-state index in [4.69, 9.17) is 9.47 Å². The van der Waals surface area contributed by atoms with Crippen LogP contribution < -0.4 is 0 Å². The highest BCUT2D eigenvalue weighted by Crippen LogP contribution is 2.12. The van der Waals surface area contributed by atoms with Gasteiger partial charge in [0.2, 0.25) is 0 Å². The van der Waals surface area contributed by atoms with E-state index in [1.54, 1.807) is 7.11 Å². The summed E-state index contributed by atoms with van der Waals surface area (Å²) in [5, 5.41) is 0.903. The van der Waals surface area contributed by atoms with Crippen LogP contribution in [0.4, 0.5) is 0 Å². The van der Waals surface area contributed by atoms with Crippen LogP contribution in [0.1, 0.15) is 20.3 Å². The third-order valence-electron chi connectivity index (χ3n) is 1.62. The minimum absolute atomic E-state index is 0.0493. The molecule has 0 bridgehead atoms. The molecule has 0 amide bonds. The molecule has 0 unspecified atom stereocenters. The third kappa shape index (κ3) is 6.78. The maximum Gasteiger partial charge on any atom is 0.0644 e. The molecule has 0 atom stereocenters. The van der Waals surface area contributed by atoms with Crippen LogP contribution in [-0.4, -0.2) is 31.3 Å². The minimum atomic E-state index is -0.0493. The lowest BCUT2D eigenvalue weighted by atomic mass is 10.1. The second kappa shape index (κ2) is 5.98. The lowest BCUT2D eigenvalue weighted by Crippen LogP contribution is -2.24. The Morgan fingerprint density at radius 3 is 2.36 bits per heavy atom. The summed E-state index contributed by atoms with van der Waals surface area (Å²) in [6.07, 6.45) is 0.941. The average molecular weight is 225 g/mol. The molecule has 3 heteroatoms. The van der Waals surface area contributed by atoms with Crippen molar-refractivity contribution in [2.45, 2.75) is 25.9 Å². The molecule has 0 fully saturated rings. The normalized spacial score (nSPS) is 12.0. The number of hydrogen-bond donors (Lipinski definition) is 0. The number of halogens is 1. The molecule has 0 saturated heterocycles. The van der Waals surface area contributed by atoms with Crippen molar-refractivity contribution in [3.05, 3.63) is 0 Å². The molecule has 0 aliphatic carbocycles. The summed E-state index contributed by atoms with van der Waals surface area (Å²) in [7, 11) is 1.73. The Morgan fingerprint density at radius 1 is 1.27 bits per heavy atom. The molecule has 0 aromatic heterocycles. The molecule has 0 spiro atoms. The first kappa shape index (κ1) is 11.4. The second-order valence-corrected chi connectivity index (χ2v) is 3.81. The van der Waals surface area contributed by atoms with E-state index < -0.39 is 0 Å². The van der Waals surface area contributed by atoms with Crippen molar-refractivity contribution < 1.29 is 9.47 Å². The highest BCUT2D eigenvalue weighted by Gasteiger charge is 2.15. The van der Waals surface area contributed by atoms with Gasteiger partial charge in [0.1, 0.15) is 0 Å². The SMILES string of the molecule is COC(C)(C)CCOCCBr. The summed E-state index contributed by atoms with van der Waals surface area (Å²) in [6.45, 7) is 5.67. The summed E-state index contributed by atoms with van der Waals surface area (Å²) in [6, 6.07) is 0. The summed E-state index contributed by atoms with van der Waals surface area (Å²) >= 11 is 3.29. The van der Waals surface area contributed by atoms with E-state index in [0.29, 0.717) is 0 Å². The zero-order valence-corrected chi connectivity index (χ0v) is 9.11. The Kier molecular flexibility index (Phi) is 6.19. The van der Waals surface area contributed by atoms with Gasteiger partial charge in [-0.25, -0.2) is 0 Å². The average Bonchev–Trinajstić information content (AvgIpc) is 1.99. The van der Waals surface area contributed by atoms with E-state index in [1.165, 1.54) is 0 Å². The molecular weight excluding hydrogens is 208 g/mol. The van der Waals surface area contributed by atoms with Gasteiger partial charge in [-0.2, -0.15) is 0 Å². The third-order valence-corrected chi connectivity index (χ3v) is 1.95. The van der Waals surface area contributed by atoms with Crippen molar-refractivity contribution in [3.63, 3.8) is 0 Å². The quantitative estimate of drug-likeness (QED) is 0.509. The number of alkyl halides is 1. The van der Waals surface area contributed by atoms with E-state index >= 15 is 0 Å². The Balaban J connectivity index is 3.23. The molecule has 2 nitrogen and oxygen atoms in total. The van der Waals surface area contributed by atoms with Gasteiger partial charge in [0.25, 0.3) is 0 Å². The van der Waals surface area contributed by atoms with Gasteiger partial charge in [-0.3, -0.25) is 0 Å². The monoisotopic (exact) mass is 224 g/mol. The van der Waals surface area contributed by atoms with E-state index in [2.05, 4.69) is 29.8 Å². The Hall–Kier alpha value is 0.400. The first-order valence-corrected chi connectivity index (χ1v) is 4.93. The highest BCUT2D eigenvalue weighted by atomic mass is 79.9. The van der Waals surface area contributed by atoms with E-state index in [9.17, 15) is 0 Å². The molecule has 0 saturated carbocycles. The van der Waals surface area contributed by atoms with Gasteiger partial charge in [0.05, 0.1) is 12.2 Å². The maximum absolute atomic E-state index is 5.29. The van der Waals surface area contributed by atoms with E-state index in [1.807, 2.05) is 0 Å². The lowest BCUT2D eigenvalue weighted by Gasteiger charge is -2.22. The molecule has 0 radical (unpaired) electrons. The van der Waals surface area contributed by atoms with Crippen LogP contribution in [0.15, 0.2) is 0 Å². The first-order chi connectivity index (χ1) is 5.12. The van der Waals surface area contributed by atoms with Crippen LogP contribution in [0, 0.1) is 0 Å². The van der Waals surface area contributed by atoms with Gasteiger partial charge in [-0.1, -0.05) is 15.9 Å². The lowest BCUT2D eigenvalue weighted by molar-refractivity contribution is -0.00783. The van der Waals surface area contributed by atoms with Crippen molar-refractivity contribution in [1.82, 2.24) is 0 Å². The van der Waals surface area contributed by atoms with Gasteiger partial charge >= 0.3 is 0 Å². The standard InChI is InChI=1S/C8H17BrO2/c1-8(2,10-3)4-6-11-7-5-9/h4-7H2,1-3H3.